The molecule has 0 bridgehead atoms. The lowest BCUT2D eigenvalue weighted by Crippen LogP contribution is -2.46. The van der Waals surface area contributed by atoms with Crippen LogP contribution >= 0.6 is 0 Å². The van der Waals surface area contributed by atoms with Gasteiger partial charge in [0.15, 0.2) is 0 Å². The van der Waals surface area contributed by atoms with Gasteiger partial charge in [-0.2, -0.15) is 0 Å². The first-order valence-electron chi connectivity index (χ1n) is 12.1. The van der Waals surface area contributed by atoms with Crippen molar-refractivity contribution in [1.29, 1.82) is 0 Å². The van der Waals surface area contributed by atoms with Gasteiger partial charge in [-0.15, -0.1) is 0 Å². The first-order chi connectivity index (χ1) is 17.1. The molecule has 5 rings (SSSR count). The monoisotopic (exact) mass is 466 g/mol. The highest BCUT2D eigenvalue weighted by Gasteiger charge is 2.20. The minimum Gasteiger partial charge on any atom is -0.497 e. The Morgan fingerprint density at radius 1 is 0.943 bits per heavy atom. The number of hydrogen-bond donors (Lipinski definition) is 1. The number of pyridine rings is 1. The minimum atomic E-state index is -0.112. The molecule has 1 N–H and O–H groups in total. The van der Waals surface area contributed by atoms with Gasteiger partial charge >= 0.3 is 0 Å². The van der Waals surface area contributed by atoms with E-state index in [0.717, 1.165) is 60.6 Å². The van der Waals surface area contributed by atoms with Crippen LogP contribution in [0.5, 0.6) is 5.75 Å². The van der Waals surface area contributed by atoms with E-state index in [4.69, 9.17) is 9.72 Å². The zero-order valence-electron chi connectivity index (χ0n) is 20.2. The fourth-order valence-electron chi connectivity index (χ4n) is 4.59. The molecule has 178 valence electrons. The lowest BCUT2D eigenvalue weighted by Gasteiger charge is -2.37. The lowest BCUT2D eigenvalue weighted by molar-refractivity contribution is 0.102. The third-order valence-electron chi connectivity index (χ3n) is 6.62. The van der Waals surface area contributed by atoms with Crippen molar-refractivity contribution in [2.45, 2.75) is 13.3 Å². The molecule has 1 saturated heterocycles. The summed E-state index contributed by atoms with van der Waals surface area (Å²) in [4.78, 5) is 22.4. The summed E-state index contributed by atoms with van der Waals surface area (Å²) in [5.41, 5.74) is 3.84. The standard InChI is InChI=1S/C29H30N4O2/c1-3-21-5-4-6-24(19-21)31-29(34)23-8-7-22-13-14-30-28(27(22)20-23)33-17-15-32(16-18-33)25-9-11-26(35-2)12-10-25/h4-14,19-20H,3,15-18H2,1-2H3,(H,31,34). The average molecular weight is 467 g/mol. The van der Waals surface area contributed by atoms with Gasteiger partial charge in [-0.25, -0.2) is 4.98 Å². The average Bonchev–Trinajstić information content (AvgIpc) is 2.92. The van der Waals surface area contributed by atoms with Crippen LogP contribution in [-0.2, 0) is 6.42 Å². The second kappa shape index (κ2) is 10.1. The Morgan fingerprint density at radius 3 is 2.46 bits per heavy atom. The molecule has 35 heavy (non-hydrogen) atoms. The van der Waals surface area contributed by atoms with E-state index in [2.05, 4.69) is 40.2 Å². The third kappa shape index (κ3) is 4.92. The van der Waals surface area contributed by atoms with E-state index in [9.17, 15) is 4.79 Å². The molecule has 0 saturated carbocycles. The van der Waals surface area contributed by atoms with E-state index < -0.39 is 0 Å². The number of rotatable bonds is 6. The summed E-state index contributed by atoms with van der Waals surface area (Å²) in [6, 6.07) is 24.0. The van der Waals surface area contributed by atoms with E-state index in [-0.39, 0.29) is 5.91 Å². The quantitative estimate of drug-likeness (QED) is 0.413. The predicted octanol–water partition coefficient (Wildman–Crippen LogP) is 5.38. The van der Waals surface area contributed by atoms with Crippen LogP contribution in [0.25, 0.3) is 10.8 Å². The van der Waals surface area contributed by atoms with E-state index in [0.29, 0.717) is 5.56 Å². The number of benzene rings is 3. The lowest BCUT2D eigenvalue weighted by atomic mass is 10.1. The summed E-state index contributed by atoms with van der Waals surface area (Å²) < 4.78 is 5.28. The second-order valence-electron chi connectivity index (χ2n) is 8.75. The SMILES string of the molecule is CCc1cccc(NC(=O)c2ccc3ccnc(N4CCN(c5ccc(OC)cc5)CC4)c3c2)c1. The van der Waals surface area contributed by atoms with Crippen molar-refractivity contribution < 1.29 is 9.53 Å². The Kier molecular flexibility index (Phi) is 6.53. The molecule has 1 aliphatic rings. The van der Waals surface area contributed by atoms with Crippen LogP contribution in [-0.4, -0.2) is 44.2 Å². The van der Waals surface area contributed by atoms with Gasteiger partial charge < -0.3 is 19.9 Å². The van der Waals surface area contributed by atoms with Gasteiger partial charge in [0.2, 0.25) is 0 Å². The molecule has 0 radical (unpaired) electrons. The van der Waals surface area contributed by atoms with E-state index >= 15 is 0 Å². The smallest absolute Gasteiger partial charge is 0.255 e. The number of carbonyl (C=O) groups is 1. The molecule has 1 fully saturated rings. The summed E-state index contributed by atoms with van der Waals surface area (Å²) in [5.74, 6) is 1.68. The van der Waals surface area contributed by atoms with Gasteiger partial charge in [-0.1, -0.05) is 25.1 Å². The number of anilines is 3. The second-order valence-corrected chi connectivity index (χ2v) is 8.75. The van der Waals surface area contributed by atoms with Crippen molar-refractivity contribution in [2.75, 3.05) is 48.4 Å². The highest BCUT2D eigenvalue weighted by atomic mass is 16.5. The van der Waals surface area contributed by atoms with E-state index in [1.165, 1.54) is 11.3 Å². The topological polar surface area (TPSA) is 57.7 Å². The van der Waals surface area contributed by atoms with Crippen molar-refractivity contribution in [3.63, 3.8) is 0 Å². The molecule has 0 spiro atoms. The molecule has 1 aromatic heterocycles. The van der Waals surface area contributed by atoms with Crippen LogP contribution < -0.4 is 19.9 Å². The molecular weight excluding hydrogens is 436 g/mol. The van der Waals surface area contributed by atoms with Gasteiger partial charge in [0.25, 0.3) is 5.91 Å². The van der Waals surface area contributed by atoms with Gasteiger partial charge in [-0.3, -0.25) is 4.79 Å². The van der Waals surface area contributed by atoms with Crippen molar-refractivity contribution in [2.24, 2.45) is 0 Å². The molecule has 0 aliphatic carbocycles. The number of methoxy groups -OCH3 is 1. The van der Waals surface area contributed by atoms with Crippen LogP contribution in [0.15, 0.2) is 79.0 Å². The van der Waals surface area contributed by atoms with Crippen LogP contribution in [0.2, 0.25) is 0 Å². The Bertz CT molecular complexity index is 1330. The molecule has 2 heterocycles. The van der Waals surface area contributed by atoms with Gasteiger partial charge in [0, 0.05) is 54.7 Å². The molecule has 1 amide bonds. The van der Waals surface area contributed by atoms with Gasteiger partial charge in [-0.05, 0) is 72.0 Å². The summed E-state index contributed by atoms with van der Waals surface area (Å²) in [7, 11) is 1.68. The number of aryl methyl sites for hydroxylation is 1. The molecule has 4 aromatic rings. The number of aromatic nitrogens is 1. The maximum Gasteiger partial charge on any atom is 0.255 e. The molecule has 6 heteroatoms. The predicted molar refractivity (Wildman–Crippen MR) is 143 cm³/mol. The van der Waals surface area contributed by atoms with Crippen molar-refractivity contribution >= 4 is 33.9 Å². The number of nitrogens with zero attached hydrogens (tertiary/aromatic N) is 3. The zero-order chi connectivity index (χ0) is 24.2. The molecule has 0 atom stereocenters. The Labute approximate surface area is 206 Å². The largest absolute Gasteiger partial charge is 0.497 e. The first-order valence-corrected chi connectivity index (χ1v) is 12.1. The Balaban J connectivity index is 1.34. The number of ether oxygens (including phenoxy) is 1. The van der Waals surface area contributed by atoms with E-state index in [1.54, 1.807) is 7.11 Å². The summed E-state index contributed by atoms with van der Waals surface area (Å²) in [6.07, 6.45) is 2.78. The summed E-state index contributed by atoms with van der Waals surface area (Å²) in [6.45, 7) is 5.63. The fourth-order valence-corrected chi connectivity index (χ4v) is 4.59. The Hall–Kier alpha value is -4.06. The number of hydrogen-bond acceptors (Lipinski definition) is 5. The third-order valence-corrected chi connectivity index (χ3v) is 6.62. The van der Waals surface area contributed by atoms with Crippen molar-refractivity contribution in [3.8, 4) is 5.75 Å². The Morgan fingerprint density at radius 2 is 1.71 bits per heavy atom. The maximum atomic E-state index is 13.0. The molecule has 1 aliphatic heterocycles. The summed E-state index contributed by atoms with van der Waals surface area (Å²) in [5, 5.41) is 5.12. The number of nitrogens with one attached hydrogen (secondary N) is 1. The molecule has 3 aromatic carbocycles. The van der Waals surface area contributed by atoms with Crippen LogP contribution in [0.1, 0.15) is 22.8 Å². The zero-order valence-corrected chi connectivity index (χ0v) is 20.2. The number of amides is 1. The van der Waals surface area contributed by atoms with Crippen LogP contribution in [0, 0.1) is 0 Å². The molecular formula is C29H30N4O2. The van der Waals surface area contributed by atoms with Crippen LogP contribution in [0.4, 0.5) is 17.2 Å². The van der Waals surface area contributed by atoms with Gasteiger partial charge in [0.05, 0.1) is 7.11 Å². The van der Waals surface area contributed by atoms with Crippen molar-refractivity contribution in [3.05, 3.63) is 90.1 Å². The highest BCUT2D eigenvalue weighted by Crippen LogP contribution is 2.28. The maximum absolute atomic E-state index is 13.0. The minimum absolute atomic E-state index is 0.112. The molecule has 6 nitrogen and oxygen atoms in total. The van der Waals surface area contributed by atoms with Gasteiger partial charge in [0.1, 0.15) is 11.6 Å². The molecule has 0 unspecified atom stereocenters. The fraction of sp³-hybridized carbons (Fsp3) is 0.241. The normalized spacial score (nSPS) is 13.7. The van der Waals surface area contributed by atoms with Crippen molar-refractivity contribution in [1.82, 2.24) is 4.98 Å². The van der Waals surface area contributed by atoms with Crippen LogP contribution in [0.3, 0.4) is 0 Å². The number of fused-ring (bicyclic) bond motifs is 1. The van der Waals surface area contributed by atoms with E-state index in [1.807, 2.05) is 60.8 Å². The first kappa shape index (κ1) is 22.7. The highest BCUT2D eigenvalue weighted by molar-refractivity contribution is 6.07. The summed E-state index contributed by atoms with van der Waals surface area (Å²) >= 11 is 0. The number of piperazine rings is 1. The number of carbonyl (C=O) groups excluding carboxylic acids is 1.